The second kappa shape index (κ2) is 6.53. The molecular weight excluding hydrogens is 286 g/mol. The summed E-state index contributed by atoms with van der Waals surface area (Å²) in [7, 11) is -4.13. The Kier molecular flexibility index (Phi) is 5.52. The number of amides is 1. The molecule has 2 unspecified atom stereocenters. The minimum absolute atomic E-state index is 0.0392. The van der Waals surface area contributed by atoms with Crippen molar-refractivity contribution < 1.29 is 27.7 Å². The van der Waals surface area contributed by atoms with Gasteiger partial charge in [0, 0.05) is 5.92 Å². The van der Waals surface area contributed by atoms with Crippen LogP contribution in [0.5, 0.6) is 0 Å². The van der Waals surface area contributed by atoms with Gasteiger partial charge in [0.25, 0.3) is 10.1 Å². The first kappa shape index (κ1) is 16.9. The molecule has 20 heavy (non-hydrogen) atoms. The summed E-state index contributed by atoms with van der Waals surface area (Å²) in [6, 6.07) is -0.975. The Bertz CT molecular complexity index is 474. The molecule has 0 spiro atoms. The van der Waals surface area contributed by atoms with Crippen LogP contribution in [0, 0.1) is 11.8 Å². The molecule has 3 N–H and O–H groups in total. The van der Waals surface area contributed by atoms with Crippen molar-refractivity contribution in [2.45, 2.75) is 50.8 Å². The van der Waals surface area contributed by atoms with E-state index >= 15 is 0 Å². The summed E-state index contributed by atoms with van der Waals surface area (Å²) < 4.78 is 31.0. The Morgan fingerprint density at radius 1 is 1.35 bits per heavy atom. The van der Waals surface area contributed by atoms with Crippen LogP contribution in [0.2, 0.25) is 0 Å². The van der Waals surface area contributed by atoms with Crippen molar-refractivity contribution in [2.75, 3.05) is 0 Å². The van der Waals surface area contributed by atoms with E-state index in [4.69, 9.17) is 9.66 Å². The molecule has 1 aliphatic rings. The van der Waals surface area contributed by atoms with Gasteiger partial charge in [-0.3, -0.25) is 9.35 Å². The summed E-state index contributed by atoms with van der Waals surface area (Å²) in [6.45, 7) is 3.56. The number of aliphatic carboxylic acids is 1. The standard InChI is InChI=1S/C12H21NO6S/c1-3-7(2)10(12(15)16)13-11(14)8-4-5-9(6-8)20(17,18)19/h7-10H,3-6H2,1-2H3,(H,13,14)(H,15,16)(H,17,18,19)/t7-,8?,9?,10-/m0/s1. The third-order valence-electron chi connectivity index (χ3n) is 3.95. The van der Waals surface area contributed by atoms with E-state index in [1.807, 2.05) is 6.92 Å². The van der Waals surface area contributed by atoms with Gasteiger partial charge in [-0.05, 0) is 25.2 Å². The Balaban J connectivity index is 2.65. The van der Waals surface area contributed by atoms with Gasteiger partial charge in [-0.1, -0.05) is 20.3 Å². The van der Waals surface area contributed by atoms with E-state index in [-0.39, 0.29) is 18.8 Å². The summed E-state index contributed by atoms with van der Waals surface area (Å²) in [6.07, 6.45) is 1.20. The molecule has 1 amide bonds. The van der Waals surface area contributed by atoms with Gasteiger partial charge in [0.2, 0.25) is 5.91 Å². The average Bonchev–Trinajstić information content (AvgIpc) is 2.83. The van der Waals surface area contributed by atoms with Gasteiger partial charge in [0.1, 0.15) is 6.04 Å². The van der Waals surface area contributed by atoms with Crippen molar-refractivity contribution >= 4 is 22.0 Å². The maximum atomic E-state index is 12.0. The first-order chi connectivity index (χ1) is 9.16. The zero-order chi connectivity index (χ0) is 15.5. The number of carbonyl (C=O) groups is 2. The van der Waals surface area contributed by atoms with E-state index in [9.17, 15) is 18.0 Å². The highest BCUT2D eigenvalue weighted by Crippen LogP contribution is 2.30. The molecule has 8 heteroatoms. The van der Waals surface area contributed by atoms with Crippen LogP contribution in [0.1, 0.15) is 39.5 Å². The molecule has 0 aromatic rings. The summed E-state index contributed by atoms with van der Waals surface area (Å²) in [5.41, 5.74) is 0. The summed E-state index contributed by atoms with van der Waals surface area (Å²) in [5, 5.41) is 10.6. The lowest BCUT2D eigenvalue weighted by Crippen LogP contribution is -2.47. The number of hydrogen-bond acceptors (Lipinski definition) is 4. The van der Waals surface area contributed by atoms with Gasteiger partial charge in [0.15, 0.2) is 0 Å². The van der Waals surface area contributed by atoms with E-state index in [1.54, 1.807) is 6.92 Å². The minimum Gasteiger partial charge on any atom is -0.480 e. The summed E-state index contributed by atoms with van der Waals surface area (Å²) in [4.78, 5) is 23.1. The van der Waals surface area contributed by atoms with Crippen molar-refractivity contribution in [3.8, 4) is 0 Å². The fourth-order valence-corrected chi connectivity index (χ4v) is 3.31. The third-order valence-corrected chi connectivity index (χ3v) is 5.22. The second-order valence-corrected chi connectivity index (χ2v) is 7.05. The van der Waals surface area contributed by atoms with Crippen molar-refractivity contribution in [3.05, 3.63) is 0 Å². The zero-order valence-corrected chi connectivity index (χ0v) is 12.4. The highest BCUT2D eigenvalue weighted by atomic mass is 32.2. The van der Waals surface area contributed by atoms with E-state index in [2.05, 4.69) is 5.32 Å². The Hall–Kier alpha value is -1.15. The van der Waals surface area contributed by atoms with Crippen LogP contribution >= 0.6 is 0 Å². The number of rotatable bonds is 6. The maximum absolute atomic E-state index is 12.0. The van der Waals surface area contributed by atoms with Crippen LogP contribution in [0.25, 0.3) is 0 Å². The molecule has 1 aliphatic carbocycles. The Morgan fingerprint density at radius 3 is 2.35 bits per heavy atom. The normalized spacial score (nSPS) is 25.9. The topological polar surface area (TPSA) is 121 Å². The van der Waals surface area contributed by atoms with Crippen molar-refractivity contribution in [3.63, 3.8) is 0 Å². The molecule has 1 fully saturated rings. The molecule has 0 heterocycles. The van der Waals surface area contributed by atoms with Crippen LogP contribution in [0.4, 0.5) is 0 Å². The minimum atomic E-state index is -4.13. The van der Waals surface area contributed by atoms with Crippen LogP contribution in [-0.4, -0.2) is 41.2 Å². The zero-order valence-electron chi connectivity index (χ0n) is 11.6. The van der Waals surface area contributed by atoms with Crippen LogP contribution in [-0.2, 0) is 19.7 Å². The molecule has 4 atom stereocenters. The fourth-order valence-electron chi connectivity index (χ4n) is 2.40. The first-order valence-electron chi connectivity index (χ1n) is 6.66. The third kappa shape index (κ3) is 4.17. The number of carbonyl (C=O) groups excluding carboxylic acids is 1. The van der Waals surface area contributed by atoms with Crippen molar-refractivity contribution in [1.82, 2.24) is 5.32 Å². The van der Waals surface area contributed by atoms with Gasteiger partial charge < -0.3 is 10.4 Å². The van der Waals surface area contributed by atoms with Gasteiger partial charge in [-0.15, -0.1) is 0 Å². The quantitative estimate of drug-likeness (QED) is 0.620. The lowest BCUT2D eigenvalue weighted by molar-refractivity contribution is -0.144. The lowest BCUT2D eigenvalue weighted by Gasteiger charge is -2.22. The van der Waals surface area contributed by atoms with E-state index in [0.29, 0.717) is 12.8 Å². The predicted molar refractivity (Wildman–Crippen MR) is 71.7 cm³/mol. The first-order valence-corrected chi connectivity index (χ1v) is 8.16. The predicted octanol–water partition coefficient (Wildman–Crippen LogP) is 0.658. The van der Waals surface area contributed by atoms with Gasteiger partial charge >= 0.3 is 5.97 Å². The number of carboxylic acid groups (broad SMARTS) is 1. The second-order valence-electron chi connectivity index (χ2n) is 5.36. The molecule has 0 aromatic carbocycles. The molecule has 1 saturated carbocycles. The molecule has 0 aromatic heterocycles. The SMILES string of the molecule is CC[C@H](C)[C@H](NC(=O)C1CCC(S(=O)(=O)O)C1)C(=O)O. The molecule has 0 bridgehead atoms. The summed E-state index contributed by atoms with van der Waals surface area (Å²) in [5.74, 6) is -2.33. The molecule has 116 valence electrons. The highest BCUT2D eigenvalue weighted by Gasteiger charge is 2.38. The van der Waals surface area contributed by atoms with E-state index in [1.165, 1.54) is 0 Å². The number of carboxylic acids is 1. The number of hydrogen-bond donors (Lipinski definition) is 3. The molecule has 0 saturated heterocycles. The maximum Gasteiger partial charge on any atom is 0.326 e. The molecule has 0 aliphatic heterocycles. The monoisotopic (exact) mass is 307 g/mol. The fraction of sp³-hybridized carbons (Fsp3) is 0.833. The Morgan fingerprint density at radius 2 is 1.95 bits per heavy atom. The Labute approximate surface area is 118 Å². The van der Waals surface area contributed by atoms with Crippen molar-refractivity contribution in [2.24, 2.45) is 11.8 Å². The van der Waals surface area contributed by atoms with Gasteiger partial charge in [-0.2, -0.15) is 8.42 Å². The molecule has 7 nitrogen and oxygen atoms in total. The van der Waals surface area contributed by atoms with Gasteiger partial charge in [0.05, 0.1) is 5.25 Å². The molecule has 0 radical (unpaired) electrons. The van der Waals surface area contributed by atoms with Gasteiger partial charge in [-0.25, -0.2) is 4.79 Å². The van der Waals surface area contributed by atoms with E-state index < -0.39 is 39.2 Å². The average molecular weight is 307 g/mol. The molecular formula is C12H21NO6S. The number of nitrogens with one attached hydrogen (secondary N) is 1. The highest BCUT2D eigenvalue weighted by molar-refractivity contribution is 7.86. The van der Waals surface area contributed by atoms with E-state index in [0.717, 1.165) is 0 Å². The van der Waals surface area contributed by atoms with Crippen LogP contribution in [0.3, 0.4) is 0 Å². The smallest absolute Gasteiger partial charge is 0.326 e. The largest absolute Gasteiger partial charge is 0.480 e. The lowest BCUT2D eigenvalue weighted by atomic mass is 9.98. The molecule has 1 rings (SSSR count). The summed E-state index contributed by atoms with van der Waals surface area (Å²) >= 11 is 0. The van der Waals surface area contributed by atoms with Crippen LogP contribution < -0.4 is 5.32 Å². The van der Waals surface area contributed by atoms with Crippen molar-refractivity contribution in [1.29, 1.82) is 0 Å². The van der Waals surface area contributed by atoms with Crippen LogP contribution in [0.15, 0.2) is 0 Å².